The maximum absolute atomic E-state index is 13.0. The third-order valence-corrected chi connectivity index (χ3v) is 4.80. The summed E-state index contributed by atoms with van der Waals surface area (Å²) < 4.78 is 0. The second-order valence-electron chi connectivity index (χ2n) is 6.52. The molecule has 1 aliphatic heterocycles. The maximum atomic E-state index is 13.0. The van der Waals surface area contributed by atoms with Gasteiger partial charge in [-0.05, 0) is 41.5 Å². The van der Waals surface area contributed by atoms with Crippen LogP contribution in [-0.4, -0.2) is 34.2 Å². The molecular weight excluding hydrogens is 330 g/mol. The molecule has 3 amide bonds. The number of H-pyrrole nitrogens is 1. The first-order chi connectivity index (χ1) is 12.5. The highest BCUT2D eigenvalue weighted by Crippen LogP contribution is 2.31. The SMILES string of the molecule is C[C@]1(c2ccc3ccccc3c2)NC(=O)N(CC(=O)c2ccc[nH]2)C1=O. The number of amides is 3. The van der Waals surface area contributed by atoms with Crippen LogP contribution in [0.5, 0.6) is 0 Å². The lowest BCUT2D eigenvalue weighted by Crippen LogP contribution is -2.41. The zero-order chi connectivity index (χ0) is 18.3. The molecule has 1 atom stereocenters. The minimum atomic E-state index is -1.20. The van der Waals surface area contributed by atoms with Gasteiger partial charge in [0.15, 0.2) is 5.78 Å². The molecule has 1 aromatic heterocycles. The Labute approximate surface area is 149 Å². The lowest BCUT2D eigenvalue weighted by Gasteiger charge is -2.22. The van der Waals surface area contributed by atoms with Crippen LogP contribution >= 0.6 is 0 Å². The van der Waals surface area contributed by atoms with E-state index in [1.807, 2.05) is 42.5 Å². The summed E-state index contributed by atoms with van der Waals surface area (Å²) in [5, 5.41) is 4.77. The number of imide groups is 1. The van der Waals surface area contributed by atoms with Gasteiger partial charge in [0.25, 0.3) is 5.91 Å². The molecule has 6 nitrogen and oxygen atoms in total. The standard InChI is InChI=1S/C20H17N3O3/c1-20(15-9-8-13-5-2-3-6-14(13)11-15)18(25)23(19(26)22-20)12-17(24)16-7-4-10-21-16/h2-11,21H,12H2,1H3,(H,22,26)/t20-/m1/s1. The van der Waals surface area contributed by atoms with Crippen LogP contribution in [0, 0.1) is 0 Å². The largest absolute Gasteiger partial charge is 0.359 e. The highest BCUT2D eigenvalue weighted by atomic mass is 16.2. The van der Waals surface area contributed by atoms with Crippen molar-refractivity contribution in [2.45, 2.75) is 12.5 Å². The number of aromatic amines is 1. The number of benzene rings is 2. The Morgan fingerprint density at radius 3 is 2.54 bits per heavy atom. The van der Waals surface area contributed by atoms with Crippen LogP contribution in [0.1, 0.15) is 23.0 Å². The molecule has 1 fully saturated rings. The van der Waals surface area contributed by atoms with Crippen molar-refractivity contribution in [1.29, 1.82) is 0 Å². The molecule has 2 N–H and O–H groups in total. The average molecular weight is 347 g/mol. The van der Waals surface area contributed by atoms with Crippen molar-refractivity contribution >= 4 is 28.5 Å². The Balaban J connectivity index is 1.65. The van der Waals surface area contributed by atoms with Gasteiger partial charge >= 0.3 is 6.03 Å². The normalized spacial score (nSPS) is 19.8. The summed E-state index contributed by atoms with van der Waals surface area (Å²) in [5.41, 5.74) is -0.147. The van der Waals surface area contributed by atoms with Gasteiger partial charge in [-0.3, -0.25) is 14.5 Å². The summed E-state index contributed by atoms with van der Waals surface area (Å²) in [6.07, 6.45) is 1.62. The summed E-state index contributed by atoms with van der Waals surface area (Å²) in [4.78, 5) is 41.4. The molecule has 2 aromatic carbocycles. The molecule has 1 aliphatic rings. The molecule has 26 heavy (non-hydrogen) atoms. The number of carbonyl (C=O) groups excluding carboxylic acids is 3. The molecule has 0 bridgehead atoms. The lowest BCUT2D eigenvalue weighted by molar-refractivity contribution is -0.130. The second-order valence-corrected chi connectivity index (χ2v) is 6.52. The van der Waals surface area contributed by atoms with E-state index in [0.29, 0.717) is 11.3 Å². The van der Waals surface area contributed by atoms with Crippen LogP contribution in [0.4, 0.5) is 4.79 Å². The first-order valence-corrected chi connectivity index (χ1v) is 8.29. The van der Waals surface area contributed by atoms with E-state index in [0.717, 1.165) is 15.7 Å². The number of aromatic nitrogens is 1. The summed E-state index contributed by atoms with van der Waals surface area (Å²) in [5.74, 6) is -0.751. The Hall–Kier alpha value is -3.41. The number of Topliss-reactive ketones (excluding diaryl/α,β-unsaturated/α-hetero) is 1. The van der Waals surface area contributed by atoms with Crippen LogP contribution in [0.25, 0.3) is 10.8 Å². The van der Waals surface area contributed by atoms with E-state index in [-0.39, 0.29) is 12.3 Å². The molecule has 0 unspecified atom stereocenters. The summed E-state index contributed by atoms with van der Waals surface area (Å²) in [7, 11) is 0. The van der Waals surface area contributed by atoms with Gasteiger partial charge < -0.3 is 10.3 Å². The van der Waals surface area contributed by atoms with Crippen molar-refractivity contribution in [3.63, 3.8) is 0 Å². The van der Waals surface area contributed by atoms with Gasteiger partial charge in [-0.2, -0.15) is 0 Å². The highest BCUT2D eigenvalue weighted by molar-refractivity contribution is 6.11. The van der Waals surface area contributed by atoms with Crippen LogP contribution in [0.15, 0.2) is 60.8 Å². The summed E-state index contributed by atoms with van der Waals surface area (Å²) in [6.45, 7) is 1.37. The lowest BCUT2D eigenvalue weighted by atomic mass is 9.90. The molecule has 0 spiro atoms. The third-order valence-electron chi connectivity index (χ3n) is 4.80. The van der Waals surface area contributed by atoms with Gasteiger partial charge in [0.2, 0.25) is 0 Å². The Bertz CT molecular complexity index is 1030. The minimum absolute atomic E-state index is 0.297. The molecule has 0 saturated carbocycles. The monoisotopic (exact) mass is 347 g/mol. The summed E-state index contributed by atoms with van der Waals surface area (Å²) >= 11 is 0. The van der Waals surface area contributed by atoms with Gasteiger partial charge in [0.1, 0.15) is 5.54 Å². The third kappa shape index (κ3) is 2.47. The average Bonchev–Trinajstić information content (AvgIpc) is 3.25. The van der Waals surface area contributed by atoms with E-state index in [1.165, 1.54) is 0 Å². The van der Waals surface area contributed by atoms with E-state index in [4.69, 9.17) is 0 Å². The quantitative estimate of drug-likeness (QED) is 0.562. The fraction of sp³-hybridized carbons (Fsp3) is 0.150. The molecule has 4 rings (SSSR count). The number of carbonyl (C=O) groups is 3. The van der Waals surface area contributed by atoms with Crippen molar-refractivity contribution in [2.24, 2.45) is 0 Å². The Morgan fingerprint density at radius 1 is 1.04 bits per heavy atom. The van der Waals surface area contributed by atoms with Crippen LogP contribution < -0.4 is 5.32 Å². The topological polar surface area (TPSA) is 82.3 Å². The summed E-state index contributed by atoms with van der Waals surface area (Å²) in [6, 6.07) is 16.2. The van der Waals surface area contributed by atoms with Crippen LogP contribution in [0.2, 0.25) is 0 Å². The van der Waals surface area contributed by atoms with Gasteiger partial charge in [-0.25, -0.2) is 4.79 Å². The molecule has 1 saturated heterocycles. The van der Waals surface area contributed by atoms with Crippen molar-refractivity contribution in [2.75, 3.05) is 6.54 Å². The fourth-order valence-electron chi connectivity index (χ4n) is 3.27. The van der Waals surface area contributed by atoms with E-state index in [1.54, 1.807) is 25.3 Å². The number of rotatable bonds is 4. The van der Waals surface area contributed by atoms with Crippen molar-refractivity contribution < 1.29 is 14.4 Å². The molecule has 6 heteroatoms. The van der Waals surface area contributed by atoms with Gasteiger partial charge in [-0.1, -0.05) is 36.4 Å². The van der Waals surface area contributed by atoms with Crippen LogP contribution in [-0.2, 0) is 10.3 Å². The smallest absolute Gasteiger partial charge is 0.325 e. The minimum Gasteiger partial charge on any atom is -0.359 e. The predicted octanol–water partition coefficient (Wildman–Crippen LogP) is 2.82. The zero-order valence-corrected chi connectivity index (χ0v) is 14.2. The second kappa shape index (κ2) is 5.84. The number of urea groups is 1. The van der Waals surface area contributed by atoms with Gasteiger partial charge in [0.05, 0.1) is 12.2 Å². The zero-order valence-electron chi connectivity index (χ0n) is 14.2. The van der Waals surface area contributed by atoms with Gasteiger partial charge in [-0.15, -0.1) is 0 Å². The number of fused-ring (bicyclic) bond motifs is 1. The molecule has 130 valence electrons. The molecule has 3 aromatic rings. The van der Waals surface area contributed by atoms with Crippen LogP contribution in [0.3, 0.4) is 0 Å². The van der Waals surface area contributed by atoms with Crippen molar-refractivity contribution in [3.8, 4) is 0 Å². The number of ketones is 1. The number of hydrogen-bond donors (Lipinski definition) is 2. The number of nitrogens with zero attached hydrogens (tertiary/aromatic N) is 1. The molecule has 0 aliphatic carbocycles. The predicted molar refractivity (Wildman–Crippen MR) is 96.7 cm³/mol. The first kappa shape index (κ1) is 16.1. The van der Waals surface area contributed by atoms with E-state index < -0.39 is 17.5 Å². The number of nitrogens with one attached hydrogen (secondary N) is 2. The highest BCUT2D eigenvalue weighted by Gasteiger charge is 2.49. The van der Waals surface area contributed by atoms with Crippen molar-refractivity contribution in [1.82, 2.24) is 15.2 Å². The van der Waals surface area contributed by atoms with Crippen molar-refractivity contribution in [3.05, 3.63) is 72.1 Å². The molecule has 2 heterocycles. The fourth-order valence-corrected chi connectivity index (χ4v) is 3.27. The Kier molecular flexibility index (Phi) is 3.61. The van der Waals surface area contributed by atoms with E-state index >= 15 is 0 Å². The van der Waals surface area contributed by atoms with E-state index in [2.05, 4.69) is 10.3 Å². The number of hydrogen-bond acceptors (Lipinski definition) is 3. The van der Waals surface area contributed by atoms with Gasteiger partial charge in [0, 0.05) is 6.20 Å². The Morgan fingerprint density at radius 2 is 1.81 bits per heavy atom. The first-order valence-electron chi connectivity index (χ1n) is 8.29. The molecular formula is C20H17N3O3. The van der Waals surface area contributed by atoms with E-state index in [9.17, 15) is 14.4 Å². The molecule has 0 radical (unpaired) electrons. The maximum Gasteiger partial charge on any atom is 0.325 e.